The zero-order chi connectivity index (χ0) is 4.99. The van der Waals surface area contributed by atoms with E-state index in [9.17, 15) is 0 Å². The monoisotopic (exact) mass is 135 g/mol. The van der Waals surface area contributed by atoms with Crippen LogP contribution >= 0.6 is 36.6 Å². The molecule has 1 nitrogen and oxygen atoms in total. The molecule has 0 bridgehead atoms. The summed E-state index contributed by atoms with van der Waals surface area (Å²) in [5.41, 5.74) is 0. The van der Waals surface area contributed by atoms with Crippen LogP contribution in [0.5, 0.6) is 0 Å². The first-order chi connectivity index (χ1) is 2.77. The second kappa shape index (κ2) is 3.47. The highest BCUT2D eigenvalue weighted by molar-refractivity contribution is 8.43. The van der Waals surface area contributed by atoms with E-state index in [4.69, 9.17) is 5.26 Å². The molecule has 0 aliphatic rings. The molecule has 0 heterocycles. The molecule has 0 rings (SSSR count). The van der Waals surface area contributed by atoms with Crippen molar-refractivity contribution in [1.29, 1.82) is 5.26 Å². The molecule has 4 heteroatoms. The summed E-state index contributed by atoms with van der Waals surface area (Å²) in [6.45, 7) is 0. The number of hydrogen-bond acceptors (Lipinski definition) is 3. The maximum absolute atomic E-state index is 7.81. The highest BCUT2D eigenvalue weighted by Gasteiger charge is 1.80. The third kappa shape index (κ3) is 4.28. The van der Waals surface area contributed by atoms with Crippen LogP contribution in [0.4, 0.5) is 0 Å². The van der Waals surface area contributed by atoms with Crippen molar-refractivity contribution in [2.24, 2.45) is 0 Å². The van der Waals surface area contributed by atoms with Gasteiger partial charge in [-0.25, -0.2) is 0 Å². The molecule has 0 aliphatic heterocycles. The topological polar surface area (TPSA) is 23.8 Å². The Bertz CT molecular complexity index is 91.5. The van der Waals surface area contributed by atoms with E-state index in [2.05, 4.69) is 24.8 Å². The Morgan fingerprint density at radius 1 is 2.00 bits per heavy atom. The van der Waals surface area contributed by atoms with E-state index in [1.807, 2.05) is 0 Å². The molecule has 0 amide bonds. The van der Waals surface area contributed by atoms with Crippen LogP contribution < -0.4 is 0 Å². The van der Waals surface area contributed by atoms with Gasteiger partial charge in [0.25, 0.3) is 0 Å². The van der Waals surface area contributed by atoms with E-state index in [0.717, 1.165) is 11.8 Å². The van der Waals surface area contributed by atoms with Crippen molar-refractivity contribution >= 4 is 40.1 Å². The Labute approximate surface area is 51.1 Å². The summed E-state index contributed by atoms with van der Waals surface area (Å²) < 4.78 is 0.373. The van der Waals surface area contributed by atoms with Crippen molar-refractivity contribution in [1.82, 2.24) is 0 Å². The molecule has 0 aromatic heterocycles. The number of thiol groups is 1. The molecule has 6 heavy (non-hydrogen) atoms. The number of thioether (sulfide) groups is 1. The number of nitrogens with zero attached hydrogens (tertiary/aromatic N) is 1. The molecule has 0 N–H and O–H groups in total. The van der Waals surface area contributed by atoms with Crippen LogP contribution in [0, 0.1) is 10.7 Å². The van der Waals surface area contributed by atoms with Gasteiger partial charge in [0.05, 0.1) is 0 Å². The zero-order valence-electron chi connectivity index (χ0n) is 2.71. The second-order valence-electron chi connectivity index (χ2n) is 0.459. The van der Waals surface area contributed by atoms with Crippen molar-refractivity contribution in [3.8, 4) is 5.40 Å². The van der Waals surface area contributed by atoms with E-state index in [1.54, 1.807) is 5.40 Å². The molecule has 0 spiro atoms. The number of hydrogen-bond donors (Lipinski definition) is 1. The minimum atomic E-state index is 0.373. The van der Waals surface area contributed by atoms with Gasteiger partial charge in [0, 0.05) is 11.8 Å². The van der Waals surface area contributed by atoms with Gasteiger partial charge in [-0.05, 0) is 0 Å². The number of rotatable bonds is 0. The fourth-order valence-electron chi connectivity index (χ4n) is 0.0390. The van der Waals surface area contributed by atoms with Gasteiger partial charge < -0.3 is 0 Å². The Morgan fingerprint density at radius 2 is 2.50 bits per heavy atom. The Kier molecular flexibility index (Phi) is 3.63. The predicted molar refractivity (Wildman–Crippen MR) is 34.8 cm³/mol. The molecular formula is C2HNS3. The highest BCUT2D eigenvalue weighted by Crippen LogP contribution is 2.02. The standard InChI is InChI=1S/C2HNS3/c3-1-6-2(4)5/h(H,4,5). The molecule has 0 saturated heterocycles. The molecule has 0 radical (unpaired) electrons. The van der Waals surface area contributed by atoms with Crippen LogP contribution in [0.15, 0.2) is 0 Å². The van der Waals surface area contributed by atoms with Crippen molar-refractivity contribution in [2.45, 2.75) is 0 Å². The zero-order valence-corrected chi connectivity index (χ0v) is 5.24. The molecule has 0 aromatic carbocycles. The Morgan fingerprint density at radius 3 is 2.50 bits per heavy atom. The Balaban J connectivity index is 3.13. The maximum atomic E-state index is 7.81. The SMILES string of the molecule is N#CSC(=S)S. The quantitative estimate of drug-likeness (QED) is 0.309. The van der Waals surface area contributed by atoms with Crippen LogP contribution in [0.25, 0.3) is 0 Å². The first-order valence-corrected chi connectivity index (χ1v) is 2.73. The van der Waals surface area contributed by atoms with Gasteiger partial charge in [-0.15, -0.1) is 12.6 Å². The van der Waals surface area contributed by atoms with E-state index in [1.165, 1.54) is 0 Å². The van der Waals surface area contributed by atoms with Gasteiger partial charge in [-0.1, -0.05) is 12.2 Å². The summed E-state index contributed by atoms with van der Waals surface area (Å²) in [6, 6.07) is 0. The van der Waals surface area contributed by atoms with Crippen molar-refractivity contribution < 1.29 is 0 Å². The van der Waals surface area contributed by atoms with Crippen molar-refractivity contribution in [3.05, 3.63) is 0 Å². The minimum absolute atomic E-state index is 0.373. The molecule has 0 atom stereocenters. The van der Waals surface area contributed by atoms with E-state index >= 15 is 0 Å². The van der Waals surface area contributed by atoms with Crippen LogP contribution in [0.3, 0.4) is 0 Å². The molecule has 32 valence electrons. The lowest BCUT2D eigenvalue weighted by Crippen LogP contribution is -1.60. The highest BCUT2D eigenvalue weighted by atomic mass is 32.2. The molecule has 0 saturated carbocycles. The van der Waals surface area contributed by atoms with Gasteiger partial charge in [0.1, 0.15) is 8.93 Å². The van der Waals surface area contributed by atoms with E-state index in [0.29, 0.717) is 3.53 Å². The second-order valence-corrected chi connectivity index (χ2v) is 2.97. The van der Waals surface area contributed by atoms with Crippen LogP contribution in [-0.2, 0) is 0 Å². The molecule has 0 fully saturated rings. The maximum Gasteiger partial charge on any atom is 0.139 e. The largest absolute Gasteiger partial charge is 0.185 e. The number of nitriles is 1. The third-order valence-corrected chi connectivity index (χ3v) is 0.923. The smallest absolute Gasteiger partial charge is 0.139 e. The molecular weight excluding hydrogens is 134 g/mol. The fraction of sp³-hybridized carbons (Fsp3) is 0. The van der Waals surface area contributed by atoms with Crippen LogP contribution in [0.1, 0.15) is 0 Å². The summed E-state index contributed by atoms with van der Waals surface area (Å²) in [7, 11) is 0. The van der Waals surface area contributed by atoms with Crippen LogP contribution in [-0.4, -0.2) is 3.53 Å². The van der Waals surface area contributed by atoms with Crippen molar-refractivity contribution in [2.75, 3.05) is 0 Å². The van der Waals surface area contributed by atoms with Gasteiger partial charge >= 0.3 is 0 Å². The summed E-state index contributed by atoms with van der Waals surface area (Å²) in [5.74, 6) is 0. The first kappa shape index (κ1) is 6.28. The Hall–Kier alpha value is 0.280. The molecule has 0 aliphatic carbocycles. The van der Waals surface area contributed by atoms with Gasteiger partial charge in [-0.2, -0.15) is 5.26 Å². The third-order valence-electron chi connectivity index (χ3n) is 0.133. The lowest BCUT2D eigenvalue weighted by molar-refractivity contribution is 1.57. The number of thiocyanates is 1. The molecule has 0 aromatic rings. The summed E-state index contributed by atoms with van der Waals surface area (Å²) >= 11 is 8.94. The lowest BCUT2D eigenvalue weighted by atomic mass is 11.8. The summed E-state index contributed by atoms with van der Waals surface area (Å²) in [5, 5.41) is 9.58. The minimum Gasteiger partial charge on any atom is -0.185 e. The summed E-state index contributed by atoms with van der Waals surface area (Å²) in [6.07, 6.45) is 0. The normalized spacial score (nSPS) is 6.67. The van der Waals surface area contributed by atoms with Gasteiger partial charge in [0.15, 0.2) is 0 Å². The van der Waals surface area contributed by atoms with Crippen LogP contribution in [0.2, 0.25) is 0 Å². The van der Waals surface area contributed by atoms with E-state index in [-0.39, 0.29) is 0 Å². The van der Waals surface area contributed by atoms with Gasteiger partial charge in [-0.3, -0.25) is 0 Å². The van der Waals surface area contributed by atoms with Crippen molar-refractivity contribution in [3.63, 3.8) is 0 Å². The predicted octanol–water partition coefficient (Wildman–Crippen LogP) is 1.42. The number of thiocarbonyl (C=S) groups is 1. The first-order valence-electron chi connectivity index (χ1n) is 1.06. The van der Waals surface area contributed by atoms with Gasteiger partial charge in [0.2, 0.25) is 0 Å². The average Bonchev–Trinajstić information content (AvgIpc) is 1.35. The lowest BCUT2D eigenvalue weighted by Gasteiger charge is -1.71. The molecule has 0 unspecified atom stereocenters. The fourth-order valence-corrected chi connectivity index (χ4v) is 0.351. The average molecular weight is 135 g/mol. The van der Waals surface area contributed by atoms with E-state index < -0.39 is 0 Å². The summed E-state index contributed by atoms with van der Waals surface area (Å²) in [4.78, 5) is 0.